The van der Waals surface area contributed by atoms with E-state index in [1.807, 2.05) is 6.07 Å². The molecule has 0 spiro atoms. The van der Waals surface area contributed by atoms with E-state index in [1.165, 1.54) is 16.8 Å². The molecule has 2 amide bonds. The zero-order valence-corrected chi connectivity index (χ0v) is 14.1. The lowest BCUT2D eigenvalue weighted by molar-refractivity contribution is -0.117. The summed E-state index contributed by atoms with van der Waals surface area (Å²) in [6, 6.07) is 11.2. The minimum atomic E-state index is -0.570. The Morgan fingerprint density at radius 2 is 2.07 bits per heavy atom. The van der Waals surface area contributed by atoms with Gasteiger partial charge in [0.25, 0.3) is 0 Å². The van der Waals surface area contributed by atoms with Crippen LogP contribution in [0.2, 0.25) is 0 Å². The number of nitrogens with two attached hydrogens (primary N) is 1. The number of benzene rings is 2. The molecule has 0 saturated heterocycles. The molecule has 0 atom stereocenters. The Labute approximate surface area is 153 Å². The first-order chi connectivity index (χ1) is 13.0. The summed E-state index contributed by atoms with van der Waals surface area (Å²) in [5.41, 5.74) is 7.73. The molecule has 0 aliphatic carbocycles. The van der Waals surface area contributed by atoms with Gasteiger partial charge < -0.3 is 16.4 Å². The number of halogens is 1. The van der Waals surface area contributed by atoms with Crippen LogP contribution in [0.25, 0.3) is 17.1 Å². The van der Waals surface area contributed by atoms with E-state index in [-0.39, 0.29) is 24.7 Å². The van der Waals surface area contributed by atoms with Crippen molar-refractivity contribution in [3.63, 3.8) is 0 Å². The molecule has 0 fully saturated rings. The third-order valence-corrected chi connectivity index (χ3v) is 4.03. The van der Waals surface area contributed by atoms with Gasteiger partial charge in [-0.15, -0.1) is 0 Å². The number of aromatic nitrogens is 3. The fourth-order valence-electron chi connectivity index (χ4n) is 2.87. The molecule has 0 unspecified atom stereocenters. The zero-order chi connectivity index (χ0) is 19.0. The number of amides is 2. The molecule has 136 valence electrons. The molecular formula is C18H15FN6O2. The van der Waals surface area contributed by atoms with Gasteiger partial charge in [-0.05, 0) is 36.4 Å². The lowest BCUT2D eigenvalue weighted by Crippen LogP contribution is -2.27. The van der Waals surface area contributed by atoms with Crippen LogP contribution in [0.5, 0.6) is 0 Å². The SMILES string of the molecule is NC(=O)Cc1nc(-c2ccc3c(c2)NC(=O)CN3)n(-c2cccc(F)c2)n1. The number of rotatable bonds is 4. The molecule has 1 aromatic heterocycles. The van der Waals surface area contributed by atoms with Crippen LogP contribution in [-0.2, 0) is 16.0 Å². The summed E-state index contributed by atoms with van der Waals surface area (Å²) in [5, 5.41) is 10.1. The quantitative estimate of drug-likeness (QED) is 0.647. The van der Waals surface area contributed by atoms with Crippen molar-refractivity contribution in [2.75, 3.05) is 17.2 Å². The first-order valence-electron chi connectivity index (χ1n) is 8.18. The highest BCUT2D eigenvalue weighted by molar-refractivity contribution is 6.01. The Morgan fingerprint density at radius 1 is 1.22 bits per heavy atom. The van der Waals surface area contributed by atoms with Crippen molar-refractivity contribution in [1.29, 1.82) is 0 Å². The van der Waals surface area contributed by atoms with Crippen molar-refractivity contribution < 1.29 is 14.0 Å². The van der Waals surface area contributed by atoms with Crippen molar-refractivity contribution in [2.45, 2.75) is 6.42 Å². The van der Waals surface area contributed by atoms with Gasteiger partial charge in [0.15, 0.2) is 11.6 Å². The average Bonchev–Trinajstić information content (AvgIpc) is 3.04. The van der Waals surface area contributed by atoms with Gasteiger partial charge in [0, 0.05) is 5.56 Å². The molecule has 8 nitrogen and oxygen atoms in total. The summed E-state index contributed by atoms with van der Waals surface area (Å²) < 4.78 is 15.1. The minimum absolute atomic E-state index is 0.140. The monoisotopic (exact) mass is 366 g/mol. The van der Waals surface area contributed by atoms with Crippen LogP contribution in [0.3, 0.4) is 0 Å². The van der Waals surface area contributed by atoms with Gasteiger partial charge in [0.05, 0.1) is 30.0 Å². The largest absolute Gasteiger partial charge is 0.374 e. The number of nitrogens with zero attached hydrogens (tertiary/aromatic N) is 3. The third kappa shape index (κ3) is 3.34. The minimum Gasteiger partial charge on any atom is -0.374 e. The van der Waals surface area contributed by atoms with Crippen LogP contribution in [0.1, 0.15) is 5.82 Å². The summed E-state index contributed by atoms with van der Waals surface area (Å²) in [4.78, 5) is 27.3. The summed E-state index contributed by atoms with van der Waals surface area (Å²) in [5.74, 6) is -0.520. The van der Waals surface area contributed by atoms with E-state index >= 15 is 0 Å². The zero-order valence-electron chi connectivity index (χ0n) is 14.1. The topological polar surface area (TPSA) is 115 Å². The standard InChI is InChI=1S/C18H15FN6O2/c19-11-2-1-3-12(7-11)25-18(23-16(24-25)8-15(20)26)10-4-5-13-14(6-10)22-17(27)9-21-13/h1-7,21H,8-9H2,(H2,20,26)(H,22,27). The predicted molar refractivity (Wildman–Crippen MR) is 96.8 cm³/mol. The fraction of sp³-hybridized carbons (Fsp3) is 0.111. The van der Waals surface area contributed by atoms with Gasteiger partial charge in [0.1, 0.15) is 5.82 Å². The lowest BCUT2D eigenvalue weighted by atomic mass is 10.1. The van der Waals surface area contributed by atoms with Crippen molar-refractivity contribution >= 4 is 23.2 Å². The molecule has 2 heterocycles. The Morgan fingerprint density at radius 3 is 2.85 bits per heavy atom. The number of fused-ring (bicyclic) bond motifs is 1. The highest BCUT2D eigenvalue weighted by atomic mass is 19.1. The van der Waals surface area contributed by atoms with Crippen LogP contribution < -0.4 is 16.4 Å². The van der Waals surface area contributed by atoms with Crippen LogP contribution in [-0.4, -0.2) is 33.1 Å². The second-order valence-corrected chi connectivity index (χ2v) is 6.05. The fourth-order valence-corrected chi connectivity index (χ4v) is 2.87. The first-order valence-corrected chi connectivity index (χ1v) is 8.18. The van der Waals surface area contributed by atoms with Crippen molar-refractivity contribution in [3.05, 3.63) is 54.1 Å². The highest BCUT2D eigenvalue weighted by Crippen LogP contribution is 2.31. The van der Waals surface area contributed by atoms with Gasteiger partial charge in [-0.3, -0.25) is 9.59 Å². The van der Waals surface area contributed by atoms with E-state index in [0.717, 1.165) is 5.69 Å². The van der Waals surface area contributed by atoms with Gasteiger partial charge in [-0.2, -0.15) is 5.10 Å². The number of hydrogen-bond acceptors (Lipinski definition) is 5. The molecular weight excluding hydrogens is 351 g/mol. The normalized spacial score (nSPS) is 12.9. The molecule has 4 N–H and O–H groups in total. The summed E-state index contributed by atoms with van der Waals surface area (Å²) in [6.45, 7) is 0.203. The molecule has 4 rings (SSSR count). The number of hydrogen-bond donors (Lipinski definition) is 3. The summed E-state index contributed by atoms with van der Waals surface area (Å²) in [6.07, 6.45) is -0.140. The summed E-state index contributed by atoms with van der Waals surface area (Å²) in [7, 11) is 0. The van der Waals surface area contributed by atoms with Crippen molar-refractivity contribution in [3.8, 4) is 17.1 Å². The van der Waals surface area contributed by atoms with E-state index in [4.69, 9.17) is 5.73 Å². The molecule has 3 aromatic rings. The van der Waals surface area contributed by atoms with Crippen LogP contribution in [0.15, 0.2) is 42.5 Å². The predicted octanol–water partition coefficient (Wildman–Crippen LogP) is 1.47. The van der Waals surface area contributed by atoms with E-state index in [0.29, 0.717) is 22.8 Å². The summed E-state index contributed by atoms with van der Waals surface area (Å²) >= 11 is 0. The Bertz CT molecular complexity index is 1060. The lowest BCUT2D eigenvalue weighted by Gasteiger charge is -2.19. The molecule has 0 radical (unpaired) electrons. The maximum atomic E-state index is 13.7. The second kappa shape index (κ2) is 6.52. The van der Waals surface area contributed by atoms with Gasteiger partial charge >= 0.3 is 0 Å². The Hall–Kier alpha value is -3.75. The maximum absolute atomic E-state index is 13.7. The third-order valence-electron chi connectivity index (χ3n) is 4.03. The highest BCUT2D eigenvalue weighted by Gasteiger charge is 2.19. The van der Waals surface area contributed by atoms with E-state index in [1.54, 1.807) is 24.3 Å². The molecule has 2 aromatic carbocycles. The Balaban J connectivity index is 1.84. The first kappa shape index (κ1) is 16.7. The van der Waals surface area contributed by atoms with E-state index in [9.17, 15) is 14.0 Å². The van der Waals surface area contributed by atoms with Crippen LogP contribution >= 0.6 is 0 Å². The van der Waals surface area contributed by atoms with E-state index < -0.39 is 11.7 Å². The maximum Gasteiger partial charge on any atom is 0.243 e. The number of primary amides is 1. The molecule has 27 heavy (non-hydrogen) atoms. The average molecular weight is 366 g/mol. The number of carbonyl (C=O) groups is 2. The van der Waals surface area contributed by atoms with Gasteiger partial charge in [0.2, 0.25) is 11.8 Å². The Kier molecular flexibility index (Phi) is 4.03. The van der Waals surface area contributed by atoms with Crippen LogP contribution in [0.4, 0.5) is 15.8 Å². The smallest absolute Gasteiger partial charge is 0.243 e. The molecule has 0 saturated carbocycles. The van der Waals surface area contributed by atoms with E-state index in [2.05, 4.69) is 20.7 Å². The second-order valence-electron chi connectivity index (χ2n) is 6.05. The molecule has 0 bridgehead atoms. The molecule has 9 heteroatoms. The molecule has 1 aliphatic rings. The van der Waals surface area contributed by atoms with Crippen molar-refractivity contribution in [1.82, 2.24) is 14.8 Å². The number of carbonyl (C=O) groups excluding carboxylic acids is 2. The number of nitrogens with one attached hydrogen (secondary N) is 2. The van der Waals surface area contributed by atoms with Crippen molar-refractivity contribution in [2.24, 2.45) is 5.73 Å². The van der Waals surface area contributed by atoms with Crippen LogP contribution in [0, 0.1) is 5.82 Å². The number of anilines is 2. The van der Waals surface area contributed by atoms with Gasteiger partial charge in [-0.1, -0.05) is 6.07 Å². The van der Waals surface area contributed by atoms with Gasteiger partial charge in [-0.25, -0.2) is 14.1 Å². The molecule has 1 aliphatic heterocycles.